The second-order valence-corrected chi connectivity index (χ2v) is 6.44. The molecule has 2 aromatic rings. The minimum Gasteiger partial charge on any atom is -0.348 e. The molecule has 1 atom stereocenters. The van der Waals surface area contributed by atoms with Gasteiger partial charge in [-0.05, 0) is 25.7 Å². The number of nitrogens with one attached hydrogen (secondary N) is 1. The molecular weight excluding hydrogens is 258 g/mol. The third kappa shape index (κ3) is 2.25. The number of piperidine rings is 1. The first-order valence-electron chi connectivity index (χ1n) is 6.98. The number of rotatable bonds is 3. The molecule has 5 nitrogen and oxygen atoms in total. The van der Waals surface area contributed by atoms with E-state index in [1.165, 1.54) is 30.7 Å². The van der Waals surface area contributed by atoms with Gasteiger partial charge in [0.2, 0.25) is 5.13 Å². The average molecular weight is 275 g/mol. The Labute approximate surface area is 116 Å². The van der Waals surface area contributed by atoms with Gasteiger partial charge in [-0.25, -0.2) is 4.98 Å². The largest absolute Gasteiger partial charge is 0.348 e. The summed E-state index contributed by atoms with van der Waals surface area (Å²) in [4.78, 5) is 10.0. The highest BCUT2D eigenvalue weighted by Gasteiger charge is 2.30. The molecule has 0 spiro atoms. The van der Waals surface area contributed by atoms with Crippen molar-refractivity contribution in [2.24, 2.45) is 0 Å². The van der Waals surface area contributed by atoms with Gasteiger partial charge in [0.25, 0.3) is 0 Å². The van der Waals surface area contributed by atoms with Crippen molar-refractivity contribution in [3.63, 3.8) is 0 Å². The minimum atomic E-state index is 0.497. The maximum absolute atomic E-state index is 4.40. The van der Waals surface area contributed by atoms with Gasteiger partial charge in [0.1, 0.15) is 10.8 Å². The van der Waals surface area contributed by atoms with Gasteiger partial charge < -0.3 is 9.88 Å². The normalized spacial score (nSPS) is 23.8. The number of aromatic amines is 1. The van der Waals surface area contributed by atoms with Crippen LogP contribution in [0.3, 0.4) is 0 Å². The van der Waals surface area contributed by atoms with E-state index in [0.29, 0.717) is 11.8 Å². The molecular formula is C13H17N5S. The SMILES string of the molecule is c1c[nH]c(C2CCCN(c3nnc(C4CC4)s3)C2)n1. The first-order chi connectivity index (χ1) is 9.40. The van der Waals surface area contributed by atoms with E-state index < -0.39 is 0 Å². The second kappa shape index (κ2) is 4.59. The summed E-state index contributed by atoms with van der Waals surface area (Å²) in [5, 5.41) is 11.1. The molecule has 1 unspecified atom stereocenters. The van der Waals surface area contributed by atoms with Crippen molar-refractivity contribution in [1.29, 1.82) is 0 Å². The van der Waals surface area contributed by atoms with Gasteiger partial charge in [-0.3, -0.25) is 0 Å². The molecule has 1 saturated heterocycles. The molecule has 1 saturated carbocycles. The lowest BCUT2D eigenvalue weighted by molar-refractivity contribution is 0.493. The summed E-state index contributed by atoms with van der Waals surface area (Å²) in [5.41, 5.74) is 0. The zero-order chi connectivity index (χ0) is 12.7. The van der Waals surface area contributed by atoms with Crippen LogP contribution in [0, 0.1) is 0 Å². The molecule has 100 valence electrons. The Morgan fingerprint density at radius 3 is 2.95 bits per heavy atom. The highest BCUT2D eigenvalue weighted by molar-refractivity contribution is 7.15. The lowest BCUT2D eigenvalue weighted by Crippen LogP contribution is -2.34. The quantitative estimate of drug-likeness (QED) is 0.935. The van der Waals surface area contributed by atoms with Crippen LogP contribution in [0.4, 0.5) is 5.13 Å². The molecule has 4 rings (SSSR count). The van der Waals surface area contributed by atoms with Crippen LogP contribution >= 0.6 is 11.3 Å². The van der Waals surface area contributed by atoms with Gasteiger partial charge in [-0.2, -0.15) is 0 Å². The molecule has 2 fully saturated rings. The smallest absolute Gasteiger partial charge is 0.208 e. The summed E-state index contributed by atoms with van der Waals surface area (Å²) in [6, 6.07) is 0. The van der Waals surface area contributed by atoms with Gasteiger partial charge in [-0.15, -0.1) is 10.2 Å². The molecule has 0 radical (unpaired) electrons. The summed E-state index contributed by atoms with van der Waals surface area (Å²) in [7, 11) is 0. The Hall–Kier alpha value is -1.43. The van der Waals surface area contributed by atoms with Crippen LogP contribution in [0.2, 0.25) is 0 Å². The molecule has 19 heavy (non-hydrogen) atoms. The van der Waals surface area contributed by atoms with Crippen LogP contribution in [0.15, 0.2) is 12.4 Å². The van der Waals surface area contributed by atoms with Crippen LogP contribution < -0.4 is 4.90 Å². The number of hydrogen-bond donors (Lipinski definition) is 1. The third-order valence-corrected chi connectivity index (χ3v) is 5.10. The number of aromatic nitrogens is 4. The molecule has 1 aliphatic heterocycles. The molecule has 0 aromatic carbocycles. The Kier molecular flexibility index (Phi) is 2.76. The van der Waals surface area contributed by atoms with Gasteiger partial charge in [0.05, 0.1) is 0 Å². The molecule has 6 heteroatoms. The number of anilines is 1. The Morgan fingerprint density at radius 2 is 2.16 bits per heavy atom. The molecule has 0 amide bonds. The van der Waals surface area contributed by atoms with Crippen molar-refractivity contribution >= 4 is 16.5 Å². The van der Waals surface area contributed by atoms with Crippen LogP contribution in [-0.4, -0.2) is 33.3 Å². The molecule has 0 bridgehead atoms. The van der Waals surface area contributed by atoms with Crippen molar-refractivity contribution in [1.82, 2.24) is 20.2 Å². The highest BCUT2D eigenvalue weighted by Crippen LogP contribution is 2.43. The van der Waals surface area contributed by atoms with Crippen LogP contribution in [0.25, 0.3) is 0 Å². The number of hydrogen-bond acceptors (Lipinski definition) is 5. The predicted octanol–water partition coefficient (Wildman–Crippen LogP) is 2.52. The van der Waals surface area contributed by atoms with E-state index in [1.807, 2.05) is 12.4 Å². The topological polar surface area (TPSA) is 57.7 Å². The molecule has 1 aliphatic carbocycles. The van der Waals surface area contributed by atoms with Crippen molar-refractivity contribution in [3.05, 3.63) is 23.2 Å². The van der Waals surface area contributed by atoms with E-state index >= 15 is 0 Å². The van der Waals surface area contributed by atoms with Crippen molar-refractivity contribution < 1.29 is 0 Å². The summed E-state index contributed by atoms with van der Waals surface area (Å²) < 4.78 is 0. The predicted molar refractivity (Wildman–Crippen MR) is 74.7 cm³/mol. The van der Waals surface area contributed by atoms with Gasteiger partial charge >= 0.3 is 0 Å². The Balaban J connectivity index is 1.50. The third-order valence-electron chi connectivity index (χ3n) is 3.95. The first-order valence-corrected chi connectivity index (χ1v) is 7.79. The summed E-state index contributed by atoms with van der Waals surface area (Å²) >= 11 is 1.78. The number of H-pyrrole nitrogens is 1. The van der Waals surface area contributed by atoms with Crippen molar-refractivity contribution in [2.45, 2.75) is 37.5 Å². The zero-order valence-corrected chi connectivity index (χ0v) is 11.6. The van der Waals surface area contributed by atoms with E-state index in [4.69, 9.17) is 0 Å². The standard InChI is InChI=1S/C13H17N5S/c1-2-10(11-14-5-6-15-11)8-18(7-1)13-17-16-12(19-13)9-3-4-9/h5-6,9-10H,1-4,7-8H2,(H,14,15). The van der Waals surface area contributed by atoms with Crippen molar-refractivity contribution in [2.75, 3.05) is 18.0 Å². The molecule has 2 aromatic heterocycles. The maximum Gasteiger partial charge on any atom is 0.208 e. The summed E-state index contributed by atoms with van der Waals surface area (Å²) in [6.07, 6.45) is 8.74. The van der Waals surface area contributed by atoms with E-state index in [-0.39, 0.29) is 0 Å². The van der Waals surface area contributed by atoms with Gasteiger partial charge in [0.15, 0.2) is 0 Å². The lowest BCUT2D eigenvalue weighted by Gasteiger charge is -2.31. The maximum atomic E-state index is 4.40. The fourth-order valence-electron chi connectivity index (χ4n) is 2.72. The minimum absolute atomic E-state index is 0.497. The Bertz CT molecular complexity index is 545. The average Bonchev–Trinajstić information content (AvgIpc) is 2.97. The monoisotopic (exact) mass is 275 g/mol. The van der Waals surface area contributed by atoms with E-state index in [0.717, 1.165) is 24.0 Å². The zero-order valence-electron chi connectivity index (χ0n) is 10.7. The van der Waals surface area contributed by atoms with Crippen LogP contribution in [0.1, 0.15) is 48.4 Å². The van der Waals surface area contributed by atoms with Crippen molar-refractivity contribution in [3.8, 4) is 0 Å². The van der Waals surface area contributed by atoms with E-state index in [9.17, 15) is 0 Å². The van der Waals surface area contributed by atoms with E-state index in [1.54, 1.807) is 11.3 Å². The van der Waals surface area contributed by atoms with Gasteiger partial charge in [-0.1, -0.05) is 11.3 Å². The number of nitrogens with zero attached hydrogens (tertiary/aromatic N) is 4. The first kappa shape index (κ1) is 11.4. The van der Waals surface area contributed by atoms with Crippen LogP contribution in [0.5, 0.6) is 0 Å². The second-order valence-electron chi connectivity index (χ2n) is 5.46. The Morgan fingerprint density at radius 1 is 1.21 bits per heavy atom. The molecule has 1 N–H and O–H groups in total. The lowest BCUT2D eigenvalue weighted by atomic mass is 9.98. The highest BCUT2D eigenvalue weighted by atomic mass is 32.1. The van der Waals surface area contributed by atoms with Crippen LogP contribution in [-0.2, 0) is 0 Å². The summed E-state index contributed by atoms with van der Waals surface area (Å²) in [5.74, 6) is 2.31. The molecule has 3 heterocycles. The van der Waals surface area contributed by atoms with Gasteiger partial charge in [0, 0.05) is 37.3 Å². The fraction of sp³-hybridized carbons (Fsp3) is 0.615. The van der Waals surface area contributed by atoms with E-state index in [2.05, 4.69) is 25.1 Å². The summed E-state index contributed by atoms with van der Waals surface area (Å²) in [6.45, 7) is 2.10. The number of imidazole rings is 1. The molecule has 2 aliphatic rings. The fourth-order valence-corrected chi connectivity index (χ4v) is 3.77.